The lowest BCUT2D eigenvalue weighted by molar-refractivity contribution is 0.0169. The Morgan fingerprint density at radius 2 is 1.23 bits per heavy atom. The van der Waals surface area contributed by atoms with E-state index in [0.29, 0.717) is 0 Å². The van der Waals surface area contributed by atoms with Gasteiger partial charge in [0.15, 0.2) is 11.6 Å². The van der Waals surface area contributed by atoms with Gasteiger partial charge in [-0.15, -0.1) is 0 Å². The average molecular weight is 578 g/mol. The van der Waals surface area contributed by atoms with Crippen LogP contribution in [-0.4, -0.2) is 46.6 Å². The molecular formula is C22H26Br2O4S2. The number of ether oxygens (including phenoxy) is 2. The fraction of sp³-hybridized carbons (Fsp3) is 0.545. The van der Waals surface area contributed by atoms with Crippen molar-refractivity contribution in [2.24, 2.45) is 0 Å². The molecule has 0 saturated carbocycles. The molecular weight excluding hydrogens is 552 g/mol. The molecule has 164 valence electrons. The molecule has 2 fully saturated rings. The third-order valence-corrected chi connectivity index (χ3v) is 8.57. The quantitative estimate of drug-likeness (QED) is 0.289. The van der Waals surface area contributed by atoms with Crippen LogP contribution in [0.4, 0.5) is 0 Å². The van der Waals surface area contributed by atoms with Gasteiger partial charge in [-0.3, -0.25) is 9.59 Å². The second-order valence-corrected chi connectivity index (χ2v) is 10.9. The van der Waals surface area contributed by atoms with Crippen molar-refractivity contribution in [2.45, 2.75) is 60.4 Å². The monoisotopic (exact) mass is 576 g/mol. The number of rotatable bonds is 6. The third-order valence-electron chi connectivity index (χ3n) is 5.19. The Labute approximate surface area is 202 Å². The molecule has 2 saturated heterocycles. The molecule has 0 aliphatic carbocycles. The van der Waals surface area contributed by atoms with E-state index >= 15 is 0 Å². The van der Waals surface area contributed by atoms with Gasteiger partial charge in [0, 0.05) is 35.1 Å². The van der Waals surface area contributed by atoms with Crippen LogP contribution in [0.5, 0.6) is 0 Å². The highest BCUT2D eigenvalue weighted by molar-refractivity contribution is 9.10. The first-order valence-corrected chi connectivity index (χ1v) is 13.9. The van der Waals surface area contributed by atoms with Crippen molar-refractivity contribution >= 4 is 66.1 Å². The summed E-state index contributed by atoms with van der Waals surface area (Å²) in [6.45, 7) is 1.56. The first kappa shape index (κ1) is 24.3. The van der Waals surface area contributed by atoms with Crippen LogP contribution < -0.4 is 0 Å². The van der Waals surface area contributed by atoms with Crippen LogP contribution in [0.15, 0.2) is 33.7 Å². The fourth-order valence-electron chi connectivity index (χ4n) is 3.46. The normalized spacial score (nSPS) is 23.7. The number of carbonyl (C=O) groups excluding carboxylic acids is 2. The van der Waals surface area contributed by atoms with Gasteiger partial charge < -0.3 is 9.47 Å². The molecule has 2 aromatic heterocycles. The number of carbonyl (C=O) groups is 2. The summed E-state index contributed by atoms with van der Waals surface area (Å²) in [5.74, 6) is 0.284. The van der Waals surface area contributed by atoms with Crippen molar-refractivity contribution in [2.75, 3.05) is 13.2 Å². The van der Waals surface area contributed by atoms with Crippen molar-refractivity contribution in [3.05, 3.63) is 44.8 Å². The van der Waals surface area contributed by atoms with Crippen molar-refractivity contribution in [3.63, 3.8) is 0 Å². The van der Waals surface area contributed by atoms with E-state index in [1.165, 1.54) is 0 Å². The maximum atomic E-state index is 12.0. The van der Waals surface area contributed by atoms with Crippen molar-refractivity contribution in [3.8, 4) is 0 Å². The van der Waals surface area contributed by atoms with E-state index < -0.39 is 0 Å². The minimum atomic E-state index is -0.188. The van der Waals surface area contributed by atoms with Crippen molar-refractivity contribution in [1.82, 2.24) is 0 Å². The second kappa shape index (κ2) is 12.6. The summed E-state index contributed by atoms with van der Waals surface area (Å²) in [6.07, 6.45) is 6.59. The predicted octanol–water partition coefficient (Wildman–Crippen LogP) is 6.53. The number of alkyl halides is 2. The standard InChI is InChI=1S/2C11H13BrO2S/c2*12-10(9-3-1-2-5-14-9)11(13)8-4-6-15-7-8/h2*4,6-7,9-10H,1-3,5H2/t2*9-,10-/m11/s1. The van der Waals surface area contributed by atoms with E-state index in [4.69, 9.17) is 9.47 Å². The molecule has 0 bridgehead atoms. The molecule has 0 aromatic carbocycles. The first-order chi connectivity index (χ1) is 14.6. The molecule has 0 radical (unpaired) electrons. The summed E-state index contributed by atoms with van der Waals surface area (Å²) in [5.41, 5.74) is 1.58. The smallest absolute Gasteiger partial charge is 0.179 e. The number of ketones is 2. The number of halogens is 2. The van der Waals surface area contributed by atoms with Crippen LogP contribution in [0.1, 0.15) is 59.2 Å². The Balaban J connectivity index is 0.000000171. The largest absolute Gasteiger partial charge is 0.377 e. The van der Waals surface area contributed by atoms with Gasteiger partial charge in [-0.1, -0.05) is 31.9 Å². The lowest BCUT2D eigenvalue weighted by Gasteiger charge is -2.25. The van der Waals surface area contributed by atoms with Gasteiger partial charge in [-0.05, 0) is 61.4 Å². The van der Waals surface area contributed by atoms with Crippen LogP contribution in [0.3, 0.4) is 0 Å². The fourth-order valence-corrected chi connectivity index (χ4v) is 6.11. The molecule has 8 heteroatoms. The lowest BCUT2D eigenvalue weighted by atomic mass is 10.0. The Bertz CT molecular complexity index is 701. The molecule has 0 amide bonds. The predicted molar refractivity (Wildman–Crippen MR) is 130 cm³/mol. The van der Waals surface area contributed by atoms with Crippen LogP contribution in [0, 0.1) is 0 Å². The number of thiophene rings is 2. The maximum absolute atomic E-state index is 12.0. The highest BCUT2D eigenvalue weighted by Crippen LogP contribution is 2.25. The molecule has 4 heterocycles. The first-order valence-electron chi connectivity index (χ1n) is 10.2. The van der Waals surface area contributed by atoms with E-state index in [1.807, 2.05) is 33.7 Å². The van der Waals surface area contributed by atoms with Crippen LogP contribution in [0.25, 0.3) is 0 Å². The van der Waals surface area contributed by atoms with Gasteiger partial charge >= 0.3 is 0 Å². The third kappa shape index (κ3) is 6.81. The van der Waals surface area contributed by atoms with E-state index in [9.17, 15) is 9.59 Å². The summed E-state index contributed by atoms with van der Waals surface area (Å²) in [7, 11) is 0. The lowest BCUT2D eigenvalue weighted by Crippen LogP contribution is -2.33. The minimum absolute atomic E-state index is 0.0474. The Morgan fingerprint density at radius 1 is 0.800 bits per heavy atom. The summed E-state index contributed by atoms with van der Waals surface area (Å²) < 4.78 is 11.2. The van der Waals surface area contributed by atoms with Gasteiger partial charge in [-0.2, -0.15) is 22.7 Å². The Kier molecular flexibility index (Phi) is 10.2. The number of hydrogen-bond donors (Lipinski definition) is 0. The van der Waals surface area contributed by atoms with Gasteiger partial charge in [0.2, 0.25) is 0 Å². The molecule has 0 N–H and O–H groups in total. The zero-order valence-corrected chi connectivity index (χ0v) is 21.4. The molecule has 2 aromatic rings. The average Bonchev–Trinajstić information content (AvgIpc) is 3.53. The van der Waals surface area contributed by atoms with Crippen LogP contribution in [-0.2, 0) is 9.47 Å². The molecule has 4 rings (SSSR count). The molecule has 0 unspecified atom stereocenters. The van der Waals surface area contributed by atoms with Gasteiger partial charge in [0.05, 0.1) is 12.2 Å². The topological polar surface area (TPSA) is 52.6 Å². The summed E-state index contributed by atoms with van der Waals surface area (Å²) in [6, 6.07) is 3.73. The summed E-state index contributed by atoms with van der Waals surface area (Å²) >= 11 is 10.0. The van der Waals surface area contributed by atoms with Gasteiger partial charge in [0.25, 0.3) is 0 Å². The van der Waals surface area contributed by atoms with Crippen LogP contribution >= 0.6 is 54.5 Å². The SMILES string of the molecule is O=C(c1ccsc1)[C@H](Br)[C@H]1CCCCO1.O=C(c1ccsc1)[C@H](Br)[C@H]1CCCCO1. The molecule has 2 aliphatic heterocycles. The molecule has 4 atom stereocenters. The van der Waals surface area contributed by atoms with Gasteiger partial charge in [0.1, 0.15) is 9.65 Å². The van der Waals surface area contributed by atoms with Crippen LogP contribution in [0.2, 0.25) is 0 Å². The zero-order chi connectivity index (χ0) is 21.3. The Morgan fingerprint density at radius 3 is 1.53 bits per heavy atom. The zero-order valence-electron chi connectivity index (χ0n) is 16.6. The second-order valence-electron chi connectivity index (χ2n) is 7.37. The minimum Gasteiger partial charge on any atom is -0.377 e. The van der Waals surface area contributed by atoms with E-state index in [2.05, 4.69) is 31.9 Å². The molecule has 2 aliphatic rings. The summed E-state index contributed by atoms with van der Waals surface area (Å²) in [4.78, 5) is 23.6. The maximum Gasteiger partial charge on any atom is 0.179 e. The molecule has 0 spiro atoms. The van der Waals surface area contributed by atoms with Gasteiger partial charge in [-0.25, -0.2) is 0 Å². The van der Waals surface area contributed by atoms with E-state index in [0.717, 1.165) is 62.9 Å². The van der Waals surface area contributed by atoms with E-state index in [1.54, 1.807) is 22.7 Å². The molecule has 30 heavy (non-hydrogen) atoms. The van der Waals surface area contributed by atoms with E-state index in [-0.39, 0.29) is 33.4 Å². The van der Waals surface area contributed by atoms with Crippen molar-refractivity contribution < 1.29 is 19.1 Å². The van der Waals surface area contributed by atoms with Crippen molar-refractivity contribution in [1.29, 1.82) is 0 Å². The summed E-state index contributed by atoms with van der Waals surface area (Å²) in [5, 5.41) is 7.63. The highest BCUT2D eigenvalue weighted by Gasteiger charge is 2.29. The highest BCUT2D eigenvalue weighted by atomic mass is 79.9. The number of Topliss-reactive ketones (excluding diaryl/α,β-unsaturated/α-hetero) is 2. The Hall–Kier alpha value is -0.380. The molecule has 4 nitrogen and oxygen atoms in total. The number of hydrogen-bond acceptors (Lipinski definition) is 6.